The fraction of sp³-hybridized carbons (Fsp3) is 0.500. The van der Waals surface area contributed by atoms with Gasteiger partial charge in [0, 0.05) is 6.42 Å². The molecule has 1 N–H and O–H groups in total. The Bertz CT molecular complexity index is 313. The van der Waals surface area contributed by atoms with Gasteiger partial charge in [-0.2, -0.15) is 13.2 Å². The van der Waals surface area contributed by atoms with Gasteiger partial charge in [0.25, 0.3) is 0 Å². The average Bonchev–Trinajstić information content (AvgIpc) is 2.14. The number of aliphatic carboxylic acids is 1. The highest BCUT2D eigenvalue weighted by molar-refractivity contribution is 5.67. The molecule has 0 aliphatic heterocycles. The SMILES string of the molecule is O=C(O)CCC1=CC(C(F)(F)F)=CCC1. The number of carbonyl (C=O) groups is 1. The van der Waals surface area contributed by atoms with Crippen molar-refractivity contribution in [1.29, 1.82) is 0 Å². The second-order valence-electron chi connectivity index (χ2n) is 3.39. The first kappa shape index (κ1) is 11.8. The summed E-state index contributed by atoms with van der Waals surface area (Å²) in [5.41, 5.74) is -0.0960. The van der Waals surface area contributed by atoms with Crippen LogP contribution in [0.15, 0.2) is 23.3 Å². The van der Waals surface area contributed by atoms with E-state index in [1.807, 2.05) is 0 Å². The Hall–Kier alpha value is -1.26. The van der Waals surface area contributed by atoms with Crippen LogP contribution < -0.4 is 0 Å². The van der Waals surface area contributed by atoms with E-state index in [1.54, 1.807) is 0 Å². The third-order valence-electron chi connectivity index (χ3n) is 2.18. The zero-order chi connectivity index (χ0) is 11.5. The van der Waals surface area contributed by atoms with Gasteiger partial charge in [0.15, 0.2) is 0 Å². The summed E-state index contributed by atoms with van der Waals surface area (Å²) in [4.78, 5) is 10.3. The van der Waals surface area contributed by atoms with Crippen molar-refractivity contribution >= 4 is 5.97 Å². The molecule has 5 heteroatoms. The van der Waals surface area contributed by atoms with Gasteiger partial charge in [0.2, 0.25) is 0 Å². The molecule has 1 aliphatic rings. The number of carboxylic acid groups (broad SMARTS) is 1. The molecule has 15 heavy (non-hydrogen) atoms. The fourth-order valence-corrected chi connectivity index (χ4v) is 1.43. The number of hydrogen-bond acceptors (Lipinski definition) is 1. The van der Waals surface area contributed by atoms with E-state index in [9.17, 15) is 18.0 Å². The molecule has 0 aromatic rings. The van der Waals surface area contributed by atoms with Gasteiger partial charge in [-0.3, -0.25) is 4.79 Å². The summed E-state index contributed by atoms with van der Waals surface area (Å²) in [6.45, 7) is 0. The largest absolute Gasteiger partial charge is 0.481 e. The van der Waals surface area contributed by atoms with Crippen LogP contribution in [0.1, 0.15) is 25.7 Å². The van der Waals surface area contributed by atoms with Gasteiger partial charge in [-0.1, -0.05) is 17.7 Å². The third kappa shape index (κ3) is 3.77. The van der Waals surface area contributed by atoms with Crippen LogP contribution in [0.3, 0.4) is 0 Å². The van der Waals surface area contributed by atoms with Crippen molar-refractivity contribution in [1.82, 2.24) is 0 Å². The highest BCUT2D eigenvalue weighted by Crippen LogP contribution is 2.32. The maximum Gasteiger partial charge on any atom is 0.416 e. The van der Waals surface area contributed by atoms with Crippen LogP contribution in [0, 0.1) is 0 Å². The van der Waals surface area contributed by atoms with Crippen LogP contribution >= 0.6 is 0 Å². The van der Waals surface area contributed by atoms with Crippen LogP contribution in [0.5, 0.6) is 0 Å². The van der Waals surface area contributed by atoms with Crippen molar-refractivity contribution in [2.75, 3.05) is 0 Å². The van der Waals surface area contributed by atoms with E-state index < -0.39 is 17.7 Å². The first-order valence-corrected chi connectivity index (χ1v) is 4.58. The standard InChI is InChI=1S/C10H11F3O2/c11-10(12,13)8-3-1-2-7(6-8)4-5-9(14)15/h3,6H,1-2,4-5H2,(H,14,15). The molecule has 1 rings (SSSR count). The second kappa shape index (κ2) is 4.51. The lowest BCUT2D eigenvalue weighted by Crippen LogP contribution is -2.12. The molecule has 0 saturated heterocycles. The Labute approximate surface area is 85.1 Å². The Balaban J connectivity index is 2.64. The molecule has 0 heterocycles. The average molecular weight is 220 g/mol. The predicted molar refractivity (Wildman–Crippen MR) is 48.3 cm³/mol. The Morgan fingerprint density at radius 1 is 1.47 bits per heavy atom. The minimum absolute atomic E-state index is 0.114. The van der Waals surface area contributed by atoms with Gasteiger partial charge in [-0.15, -0.1) is 0 Å². The highest BCUT2D eigenvalue weighted by Gasteiger charge is 2.32. The molecule has 2 nitrogen and oxygen atoms in total. The van der Waals surface area contributed by atoms with Crippen LogP contribution in [0.25, 0.3) is 0 Å². The molecule has 0 unspecified atom stereocenters. The lowest BCUT2D eigenvalue weighted by molar-refractivity contribution is -0.136. The monoisotopic (exact) mass is 220 g/mol. The Kier molecular flexibility index (Phi) is 3.55. The molecule has 0 atom stereocenters. The molecule has 84 valence electrons. The van der Waals surface area contributed by atoms with E-state index in [2.05, 4.69) is 0 Å². The molecule has 0 aromatic carbocycles. The van der Waals surface area contributed by atoms with Crippen molar-refractivity contribution in [3.8, 4) is 0 Å². The van der Waals surface area contributed by atoms with E-state index >= 15 is 0 Å². The van der Waals surface area contributed by atoms with Crippen LogP contribution in [0.4, 0.5) is 13.2 Å². The Morgan fingerprint density at radius 2 is 2.13 bits per heavy atom. The van der Waals surface area contributed by atoms with E-state index in [4.69, 9.17) is 5.11 Å². The van der Waals surface area contributed by atoms with Crippen LogP contribution in [0.2, 0.25) is 0 Å². The zero-order valence-electron chi connectivity index (χ0n) is 7.97. The van der Waals surface area contributed by atoms with Crippen molar-refractivity contribution < 1.29 is 23.1 Å². The normalized spacial score (nSPS) is 17.0. The van der Waals surface area contributed by atoms with E-state index in [1.165, 1.54) is 0 Å². The summed E-state index contributed by atoms with van der Waals surface area (Å²) in [7, 11) is 0. The molecule has 0 amide bonds. The van der Waals surface area contributed by atoms with E-state index in [-0.39, 0.29) is 12.8 Å². The molecular weight excluding hydrogens is 209 g/mol. The summed E-state index contributed by atoms with van der Waals surface area (Å²) in [5.74, 6) is -0.987. The third-order valence-corrected chi connectivity index (χ3v) is 2.18. The van der Waals surface area contributed by atoms with Crippen molar-refractivity contribution in [2.24, 2.45) is 0 Å². The topological polar surface area (TPSA) is 37.3 Å². The molecule has 1 aliphatic carbocycles. The zero-order valence-corrected chi connectivity index (χ0v) is 7.97. The maximum absolute atomic E-state index is 12.3. The molecule has 0 aromatic heterocycles. The predicted octanol–water partition coefficient (Wildman–Crippen LogP) is 3.06. The minimum atomic E-state index is -4.32. The molecule has 0 spiro atoms. The minimum Gasteiger partial charge on any atom is -0.481 e. The Morgan fingerprint density at radius 3 is 2.67 bits per heavy atom. The summed E-state index contributed by atoms with van der Waals surface area (Å²) in [5, 5.41) is 8.41. The van der Waals surface area contributed by atoms with Crippen molar-refractivity contribution in [3.05, 3.63) is 23.3 Å². The van der Waals surface area contributed by atoms with Crippen molar-refractivity contribution in [2.45, 2.75) is 31.9 Å². The van der Waals surface area contributed by atoms with Gasteiger partial charge in [-0.05, 0) is 19.3 Å². The summed E-state index contributed by atoms with van der Waals surface area (Å²) >= 11 is 0. The quantitative estimate of drug-likeness (QED) is 0.793. The lowest BCUT2D eigenvalue weighted by atomic mass is 9.96. The van der Waals surface area contributed by atoms with E-state index in [0.717, 1.165) is 12.2 Å². The van der Waals surface area contributed by atoms with Crippen LogP contribution in [-0.2, 0) is 4.79 Å². The molecule has 0 saturated carbocycles. The van der Waals surface area contributed by atoms with Crippen molar-refractivity contribution in [3.63, 3.8) is 0 Å². The summed E-state index contributed by atoms with van der Waals surface area (Å²) in [6, 6.07) is 0. The maximum atomic E-state index is 12.3. The lowest BCUT2D eigenvalue weighted by Gasteiger charge is -2.15. The van der Waals surface area contributed by atoms with E-state index in [0.29, 0.717) is 18.4 Å². The first-order valence-electron chi connectivity index (χ1n) is 4.58. The highest BCUT2D eigenvalue weighted by atomic mass is 19.4. The van der Waals surface area contributed by atoms with Gasteiger partial charge in [0.1, 0.15) is 0 Å². The number of allylic oxidation sites excluding steroid dienone is 4. The van der Waals surface area contributed by atoms with Gasteiger partial charge in [0.05, 0.1) is 5.57 Å². The van der Waals surface area contributed by atoms with Crippen LogP contribution in [-0.4, -0.2) is 17.3 Å². The van der Waals surface area contributed by atoms with Gasteiger partial charge in [-0.25, -0.2) is 0 Å². The number of halogens is 3. The fourth-order valence-electron chi connectivity index (χ4n) is 1.43. The molecular formula is C10H11F3O2. The smallest absolute Gasteiger partial charge is 0.416 e. The second-order valence-corrected chi connectivity index (χ2v) is 3.39. The first-order chi connectivity index (χ1) is 6.89. The molecule has 0 fully saturated rings. The molecule has 0 radical (unpaired) electrons. The number of rotatable bonds is 3. The van der Waals surface area contributed by atoms with Gasteiger partial charge < -0.3 is 5.11 Å². The number of carboxylic acids is 1. The van der Waals surface area contributed by atoms with Gasteiger partial charge >= 0.3 is 12.1 Å². The molecule has 0 bridgehead atoms. The summed E-state index contributed by atoms with van der Waals surface area (Å²) in [6.07, 6.45) is -1.18. The summed E-state index contributed by atoms with van der Waals surface area (Å²) < 4.78 is 36.9. The number of hydrogen-bond donors (Lipinski definition) is 1. The number of alkyl halides is 3.